The molecule has 5 nitrogen and oxygen atoms in total. The number of rotatable bonds is 3. The molecule has 26 heavy (non-hydrogen) atoms. The molecular weight excluding hydrogens is 328 g/mol. The molecule has 0 aromatic heterocycles. The van der Waals surface area contributed by atoms with Crippen LogP contribution in [0.15, 0.2) is 0 Å². The van der Waals surface area contributed by atoms with Crippen molar-refractivity contribution in [3.05, 3.63) is 0 Å². The number of amides is 3. The number of nitrogens with one attached hydrogen (secondary N) is 1. The smallest absolute Gasteiger partial charge is 0.234 e. The number of hydrogen-bond donors (Lipinski definition) is 1. The van der Waals surface area contributed by atoms with E-state index in [2.05, 4.69) is 12.2 Å². The van der Waals surface area contributed by atoms with Crippen LogP contribution in [-0.2, 0) is 14.4 Å². The first kappa shape index (κ1) is 19.4. The van der Waals surface area contributed by atoms with Crippen molar-refractivity contribution in [2.75, 3.05) is 7.05 Å². The van der Waals surface area contributed by atoms with E-state index in [-0.39, 0.29) is 23.8 Å². The number of piperidine rings is 1. The third-order valence-electron chi connectivity index (χ3n) is 7.25. The van der Waals surface area contributed by atoms with E-state index < -0.39 is 16.2 Å². The van der Waals surface area contributed by atoms with E-state index in [0.717, 1.165) is 0 Å². The maximum absolute atomic E-state index is 13.2. The molecule has 1 N–H and O–H groups in total. The zero-order chi connectivity index (χ0) is 19.3. The fraction of sp³-hybridized carbons (Fsp3) is 0.857. The molecule has 2 unspecified atom stereocenters. The molecule has 5 heteroatoms. The molecule has 3 atom stereocenters. The molecule has 0 spiro atoms. The molecule has 2 aliphatic carbocycles. The van der Waals surface area contributed by atoms with Gasteiger partial charge in [0.1, 0.15) is 0 Å². The van der Waals surface area contributed by atoms with E-state index in [1.807, 2.05) is 20.8 Å². The highest BCUT2D eigenvalue weighted by Crippen LogP contribution is 2.58. The van der Waals surface area contributed by atoms with Gasteiger partial charge in [-0.3, -0.25) is 19.3 Å². The summed E-state index contributed by atoms with van der Waals surface area (Å²) in [5.74, 6) is 0.274. The highest BCUT2D eigenvalue weighted by atomic mass is 16.2. The Morgan fingerprint density at radius 2 is 1.50 bits per heavy atom. The largest absolute Gasteiger partial charge is 0.353 e. The Bertz CT molecular complexity index is 595. The topological polar surface area (TPSA) is 66.5 Å². The van der Waals surface area contributed by atoms with Gasteiger partial charge in [0.05, 0.1) is 0 Å². The summed E-state index contributed by atoms with van der Waals surface area (Å²) in [4.78, 5) is 40.0. The van der Waals surface area contributed by atoms with Gasteiger partial charge in [0.25, 0.3) is 0 Å². The van der Waals surface area contributed by atoms with Gasteiger partial charge >= 0.3 is 0 Å². The number of carbonyl (C=O) groups is 3. The van der Waals surface area contributed by atoms with Gasteiger partial charge in [-0.1, -0.05) is 40.0 Å². The molecule has 1 heterocycles. The Kier molecular flexibility index (Phi) is 4.73. The van der Waals surface area contributed by atoms with Gasteiger partial charge in [-0.15, -0.1) is 0 Å². The van der Waals surface area contributed by atoms with Crippen LogP contribution >= 0.6 is 0 Å². The first-order chi connectivity index (χ1) is 12.0. The van der Waals surface area contributed by atoms with Crippen LogP contribution in [0.1, 0.15) is 79.1 Å². The van der Waals surface area contributed by atoms with Crippen LogP contribution < -0.4 is 5.32 Å². The Balaban J connectivity index is 1.79. The first-order valence-corrected chi connectivity index (χ1v) is 10.1. The number of nitrogens with zero attached hydrogens (tertiary/aromatic N) is 1. The van der Waals surface area contributed by atoms with E-state index in [1.54, 1.807) is 7.05 Å². The van der Waals surface area contributed by atoms with Crippen molar-refractivity contribution in [2.24, 2.45) is 22.2 Å². The lowest BCUT2D eigenvalue weighted by atomic mass is 9.51. The maximum Gasteiger partial charge on any atom is 0.234 e. The van der Waals surface area contributed by atoms with E-state index in [1.165, 1.54) is 37.0 Å². The number of carbonyl (C=O) groups excluding carboxylic acids is 3. The van der Waals surface area contributed by atoms with Crippen molar-refractivity contribution >= 4 is 17.7 Å². The molecule has 2 bridgehead atoms. The normalized spacial score (nSPS) is 39.7. The van der Waals surface area contributed by atoms with Gasteiger partial charge in [0.2, 0.25) is 17.7 Å². The summed E-state index contributed by atoms with van der Waals surface area (Å²) in [6.45, 7) is 7.89. The van der Waals surface area contributed by atoms with Gasteiger partial charge in [-0.2, -0.15) is 0 Å². The van der Waals surface area contributed by atoms with Crippen molar-refractivity contribution in [1.82, 2.24) is 10.2 Å². The molecule has 2 saturated carbocycles. The molecule has 146 valence electrons. The standard InChI is InChI=1S/C21H34N2O3/c1-14(15-9-7-6-8-10-15)22-16(24)19(2)11-20(3)13-21(4,12-19)18(26)23(5)17(20)25/h14-15H,6-13H2,1-5H3,(H,22,24)/t14-,19?,20?,21?/m1/s1. The van der Waals surface area contributed by atoms with Gasteiger partial charge < -0.3 is 5.32 Å². The van der Waals surface area contributed by atoms with Gasteiger partial charge in [0.15, 0.2) is 0 Å². The summed E-state index contributed by atoms with van der Waals surface area (Å²) >= 11 is 0. The van der Waals surface area contributed by atoms with Crippen molar-refractivity contribution in [1.29, 1.82) is 0 Å². The SMILES string of the molecule is C[C@@H](NC(=O)C1(C)CC2(C)CC(C)(C1)C(=O)N(C)C2=O)C1CCCCC1. The number of likely N-dealkylation sites (tertiary alicyclic amines) is 1. The van der Waals surface area contributed by atoms with Crippen molar-refractivity contribution in [3.63, 3.8) is 0 Å². The van der Waals surface area contributed by atoms with Crippen LogP contribution in [0.5, 0.6) is 0 Å². The summed E-state index contributed by atoms with van der Waals surface area (Å²) in [6, 6.07) is 0.149. The Morgan fingerprint density at radius 1 is 1.00 bits per heavy atom. The van der Waals surface area contributed by atoms with E-state index >= 15 is 0 Å². The van der Waals surface area contributed by atoms with Crippen LogP contribution in [0.2, 0.25) is 0 Å². The Labute approximate surface area is 157 Å². The molecular formula is C21H34N2O3. The molecule has 3 aliphatic rings. The lowest BCUT2D eigenvalue weighted by molar-refractivity contribution is -0.178. The van der Waals surface area contributed by atoms with Crippen molar-refractivity contribution in [3.8, 4) is 0 Å². The van der Waals surface area contributed by atoms with E-state index in [9.17, 15) is 14.4 Å². The van der Waals surface area contributed by atoms with E-state index in [0.29, 0.717) is 25.2 Å². The second-order valence-electron chi connectivity index (χ2n) is 10.0. The fourth-order valence-corrected chi connectivity index (χ4v) is 6.27. The summed E-state index contributed by atoms with van der Waals surface area (Å²) in [5, 5.41) is 3.25. The first-order valence-electron chi connectivity index (χ1n) is 10.1. The quantitative estimate of drug-likeness (QED) is 0.784. The molecule has 1 saturated heterocycles. The van der Waals surface area contributed by atoms with Crippen molar-refractivity contribution < 1.29 is 14.4 Å². The third-order valence-corrected chi connectivity index (χ3v) is 7.25. The molecule has 3 rings (SSSR count). The predicted molar refractivity (Wildman–Crippen MR) is 100 cm³/mol. The monoisotopic (exact) mass is 362 g/mol. The molecule has 0 radical (unpaired) electrons. The van der Waals surface area contributed by atoms with Crippen LogP contribution in [0.4, 0.5) is 0 Å². The number of imide groups is 1. The minimum Gasteiger partial charge on any atom is -0.353 e. The third kappa shape index (κ3) is 3.07. The molecule has 0 aromatic rings. The Hall–Kier alpha value is -1.39. The average molecular weight is 363 g/mol. The minimum atomic E-state index is -0.683. The second kappa shape index (κ2) is 6.35. The van der Waals surface area contributed by atoms with Crippen LogP contribution in [0, 0.1) is 22.2 Å². The molecule has 1 aliphatic heterocycles. The number of hydrogen-bond acceptors (Lipinski definition) is 3. The zero-order valence-electron chi connectivity index (χ0n) is 17.0. The highest BCUT2D eigenvalue weighted by Gasteiger charge is 2.62. The minimum absolute atomic E-state index is 0.0119. The molecule has 3 fully saturated rings. The fourth-order valence-electron chi connectivity index (χ4n) is 6.27. The summed E-state index contributed by atoms with van der Waals surface area (Å²) in [5.41, 5.74) is -1.97. The van der Waals surface area contributed by atoms with Gasteiger partial charge in [-0.05, 0) is 44.9 Å². The highest BCUT2D eigenvalue weighted by molar-refractivity contribution is 6.04. The summed E-state index contributed by atoms with van der Waals surface area (Å²) in [6.07, 6.45) is 7.70. The lowest BCUT2D eigenvalue weighted by Gasteiger charge is -2.55. The number of fused-ring (bicyclic) bond motifs is 2. The van der Waals surface area contributed by atoms with Crippen LogP contribution in [0.25, 0.3) is 0 Å². The van der Waals surface area contributed by atoms with Crippen LogP contribution in [0.3, 0.4) is 0 Å². The Morgan fingerprint density at radius 3 is 2.00 bits per heavy atom. The maximum atomic E-state index is 13.2. The lowest BCUT2D eigenvalue weighted by Crippen LogP contribution is -2.64. The van der Waals surface area contributed by atoms with E-state index in [4.69, 9.17) is 0 Å². The predicted octanol–water partition coefficient (Wildman–Crippen LogP) is 3.27. The van der Waals surface area contributed by atoms with Crippen molar-refractivity contribution in [2.45, 2.75) is 85.1 Å². The average Bonchev–Trinajstić information content (AvgIpc) is 2.58. The van der Waals surface area contributed by atoms with Gasteiger partial charge in [-0.25, -0.2) is 0 Å². The summed E-state index contributed by atoms with van der Waals surface area (Å²) in [7, 11) is 1.58. The molecule has 3 amide bonds. The summed E-state index contributed by atoms with van der Waals surface area (Å²) < 4.78 is 0. The zero-order valence-corrected chi connectivity index (χ0v) is 17.0. The van der Waals surface area contributed by atoms with Gasteiger partial charge in [0, 0.05) is 29.3 Å². The molecule has 0 aromatic carbocycles. The second-order valence-corrected chi connectivity index (χ2v) is 10.0. The van der Waals surface area contributed by atoms with Crippen LogP contribution in [-0.4, -0.2) is 35.7 Å².